The van der Waals surface area contributed by atoms with E-state index in [4.69, 9.17) is 0 Å². The van der Waals surface area contributed by atoms with Crippen LogP contribution in [-0.2, 0) is 4.79 Å². The Labute approximate surface area is 109 Å². The first kappa shape index (κ1) is 11.7. The van der Waals surface area contributed by atoms with Gasteiger partial charge in [0, 0.05) is 6.54 Å². The van der Waals surface area contributed by atoms with E-state index in [2.05, 4.69) is 10.3 Å². The third kappa shape index (κ3) is 1.85. The van der Waals surface area contributed by atoms with Crippen molar-refractivity contribution in [3.63, 3.8) is 0 Å². The smallest absolute Gasteiger partial charge is 0.337 e. The number of carboxylic acids is 1. The van der Waals surface area contributed by atoms with Crippen molar-refractivity contribution < 1.29 is 14.7 Å². The van der Waals surface area contributed by atoms with Crippen LogP contribution in [0.5, 0.6) is 0 Å². The molecule has 1 aromatic heterocycles. The number of benzene rings is 1. The predicted molar refractivity (Wildman–Crippen MR) is 68.0 cm³/mol. The molecule has 1 aromatic carbocycles. The summed E-state index contributed by atoms with van der Waals surface area (Å²) in [6.45, 7) is 0.674. The highest BCUT2D eigenvalue weighted by molar-refractivity contribution is 6.01. The van der Waals surface area contributed by atoms with Gasteiger partial charge in [0.15, 0.2) is 0 Å². The van der Waals surface area contributed by atoms with Crippen molar-refractivity contribution in [3.05, 3.63) is 30.1 Å². The number of carbonyl (C=O) groups is 2. The van der Waals surface area contributed by atoms with Gasteiger partial charge in [-0.25, -0.2) is 9.78 Å². The largest absolute Gasteiger partial charge is 0.478 e. The van der Waals surface area contributed by atoms with E-state index in [1.54, 1.807) is 23.0 Å². The summed E-state index contributed by atoms with van der Waals surface area (Å²) in [4.78, 5) is 27.4. The lowest BCUT2D eigenvalue weighted by Crippen LogP contribution is -2.37. The van der Waals surface area contributed by atoms with Gasteiger partial charge in [-0.1, -0.05) is 6.07 Å². The second kappa shape index (κ2) is 4.38. The Hall–Kier alpha value is -2.37. The molecule has 1 fully saturated rings. The molecule has 98 valence electrons. The number of imidazole rings is 1. The maximum absolute atomic E-state index is 11.9. The van der Waals surface area contributed by atoms with Crippen molar-refractivity contribution in [1.29, 1.82) is 0 Å². The van der Waals surface area contributed by atoms with E-state index in [-0.39, 0.29) is 17.5 Å². The molecule has 1 aliphatic rings. The molecule has 0 bridgehead atoms. The van der Waals surface area contributed by atoms with Crippen molar-refractivity contribution in [2.45, 2.75) is 18.9 Å². The maximum atomic E-state index is 11.9. The van der Waals surface area contributed by atoms with E-state index < -0.39 is 5.97 Å². The van der Waals surface area contributed by atoms with E-state index in [1.165, 1.54) is 6.07 Å². The molecule has 0 aliphatic carbocycles. The molecule has 0 radical (unpaired) electrons. The second-order valence-electron chi connectivity index (χ2n) is 4.58. The third-order valence-electron chi connectivity index (χ3n) is 3.42. The number of nitrogens with one attached hydrogen (secondary N) is 1. The minimum Gasteiger partial charge on any atom is -0.478 e. The molecule has 1 amide bonds. The molecule has 1 atom stereocenters. The summed E-state index contributed by atoms with van der Waals surface area (Å²) in [7, 11) is 0. The van der Waals surface area contributed by atoms with Crippen LogP contribution in [0.25, 0.3) is 11.0 Å². The van der Waals surface area contributed by atoms with Crippen LogP contribution in [0.1, 0.15) is 29.2 Å². The van der Waals surface area contributed by atoms with E-state index in [0.717, 1.165) is 6.42 Å². The SMILES string of the molecule is O=C(O)c1cccc2ncn(C3CCCNC3=O)c12. The lowest BCUT2D eigenvalue weighted by molar-refractivity contribution is -0.125. The quantitative estimate of drug-likeness (QED) is 0.848. The number of carbonyl (C=O) groups excluding carboxylic acids is 1. The fraction of sp³-hybridized carbons (Fsp3) is 0.308. The first-order valence-corrected chi connectivity index (χ1v) is 6.15. The molecule has 1 aliphatic heterocycles. The van der Waals surface area contributed by atoms with Gasteiger partial charge >= 0.3 is 5.97 Å². The number of hydrogen-bond donors (Lipinski definition) is 2. The van der Waals surface area contributed by atoms with Gasteiger partial charge in [0.2, 0.25) is 5.91 Å². The zero-order valence-electron chi connectivity index (χ0n) is 10.2. The standard InChI is InChI=1S/C13H13N3O3/c17-12-10(5-2-6-14-12)16-7-15-9-4-1-3-8(11(9)16)13(18)19/h1,3-4,7,10H,2,5-6H2,(H,14,17)(H,18,19). The highest BCUT2D eigenvalue weighted by Gasteiger charge is 2.26. The van der Waals surface area contributed by atoms with E-state index in [9.17, 15) is 14.7 Å². The average molecular weight is 259 g/mol. The Morgan fingerprint density at radius 2 is 2.32 bits per heavy atom. The topological polar surface area (TPSA) is 84.2 Å². The number of rotatable bonds is 2. The van der Waals surface area contributed by atoms with Crippen molar-refractivity contribution in [1.82, 2.24) is 14.9 Å². The number of hydrogen-bond acceptors (Lipinski definition) is 3. The summed E-state index contributed by atoms with van der Waals surface area (Å²) in [5.41, 5.74) is 1.28. The number of aromatic nitrogens is 2. The molecule has 6 heteroatoms. The normalized spacial score (nSPS) is 19.4. The van der Waals surface area contributed by atoms with Crippen LogP contribution in [0.15, 0.2) is 24.5 Å². The van der Waals surface area contributed by atoms with Gasteiger partial charge < -0.3 is 15.0 Å². The van der Waals surface area contributed by atoms with Gasteiger partial charge in [-0.05, 0) is 25.0 Å². The van der Waals surface area contributed by atoms with Crippen LogP contribution in [-0.4, -0.2) is 33.1 Å². The number of amides is 1. The highest BCUT2D eigenvalue weighted by Crippen LogP contribution is 2.25. The number of carboxylic acid groups (broad SMARTS) is 1. The summed E-state index contributed by atoms with van der Waals surface area (Å²) in [6.07, 6.45) is 3.13. The van der Waals surface area contributed by atoms with Crippen LogP contribution in [0.3, 0.4) is 0 Å². The van der Waals surface area contributed by atoms with Crippen LogP contribution < -0.4 is 5.32 Å². The van der Waals surface area contributed by atoms with Crippen molar-refractivity contribution in [3.8, 4) is 0 Å². The van der Waals surface area contributed by atoms with Crippen molar-refractivity contribution in [2.24, 2.45) is 0 Å². The van der Waals surface area contributed by atoms with Crippen molar-refractivity contribution >= 4 is 22.9 Å². The summed E-state index contributed by atoms with van der Waals surface area (Å²) < 4.78 is 1.67. The molecule has 2 N–H and O–H groups in total. The molecule has 0 saturated carbocycles. The van der Waals surface area contributed by atoms with Gasteiger partial charge in [0.25, 0.3) is 0 Å². The van der Waals surface area contributed by atoms with Gasteiger partial charge in [-0.3, -0.25) is 4.79 Å². The number of para-hydroxylation sites is 1. The first-order chi connectivity index (χ1) is 9.18. The monoisotopic (exact) mass is 259 g/mol. The minimum absolute atomic E-state index is 0.0780. The fourth-order valence-electron chi connectivity index (χ4n) is 2.52. The van der Waals surface area contributed by atoms with Gasteiger partial charge in [0.1, 0.15) is 6.04 Å². The highest BCUT2D eigenvalue weighted by atomic mass is 16.4. The van der Waals surface area contributed by atoms with Gasteiger partial charge in [-0.2, -0.15) is 0 Å². The number of nitrogens with zero attached hydrogens (tertiary/aromatic N) is 2. The van der Waals surface area contributed by atoms with Crippen LogP contribution >= 0.6 is 0 Å². The number of piperidine rings is 1. The van der Waals surface area contributed by atoms with Crippen LogP contribution in [0.4, 0.5) is 0 Å². The molecule has 0 spiro atoms. The Balaban J connectivity index is 2.18. The lowest BCUT2D eigenvalue weighted by Gasteiger charge is -2.23. The van der Waals surface area contributed by atoms with Crippen LogP contribution in [0, 0.1) is 0 Å². The molecule has 6 nitrogen and oxygen atoms in total. The predicted octanol–water partition coefficient (Wildman–Crippen LogP) is 1.19. The summed E-state index contributed by atoms with van der Waals surface area (Å²) in [6, 6.07) is 4.56. The summed E-state index contributed by atoms with van der Waals surface area (Å²) in [5, 5.41) is 12.0. The van der Waals surface area contributed by atoms with Gasteiger partial charge in [-0.15, -0.1) is 0 Å². The zero-order valence-corrected chi connectivity index (χ0v) is 10.2. The molecule has 1 saturated heterocycles. The molecule has 3 rings (SSSR count). The fourth-order valence-corrected chi connectivity index (χ4v) is 2.52. The summed E-state index contributed by atoms with van der Waals surface area (Å²) >= 11 is 0. The molecule has 2 heterocycles. The Morgan fingerprint density at radius 3 is 3.05 bits per heavy atom. The minimum atomic E-state index is -1.01. The summed E-state index contributed by atoms with van der Waals surface area (Å²) in [5.74, 6) is -1.09. The van der Waals surface area contributed by atoms with E-state index in [1.807, 2.05) is 0 Å². The molecule has 19 heavy (non-hydrogen) atoms. The zero-order chi connectivity index (χ0) is 13.4. The average Bonchev–Trinajstić information content (AvgIpc) is 2.82. The second-order valence-corrected chi connectivity index (χ2v) is 4.58. The first-order valence-electron chi connectivity index (χ1n) is 6.15. The Bertz CT molecular complexity index is 662. The van der Waals surface area contributed by atoms with E-state index >= 15 is 0 Å². The molecular weight excluding hydrogens is 246 g/mol. The number of fused-ring (bicyclic) bond motifs is 1. The Morgan fingerprint density at radius 1 is 1.47 bits per heavy atom. The number of aromatic carboxylic acids is 1. The Kier molecular flexibility index (Phi) is 2.70. The van der Waals surface area contributed by atoms with E-state index in [0.29, 0.717) is 24.0 Å². The maximum Gasteiger partial charge on any atom is 0.337 e. The molecule has 1 unspecified atom stereocenters. The molecule has 2 aromatic rings. The van der Waals surface area contributed by atoms with Crippen LogP contribution in [0.2, 0.25) is 0 Å². The van der Waals surface area contributed by atoms with Crippen molar-refractivity contribution in [2.75, 3.05) is 6.54 Å². The molecular formula is C13H13N3O3. The van der Waals surface area contributed by atoms with Gasteiger partial charge in [0.05, 0.1) is 22.9 Å². The lowest BCUT2D eigenvalue weighted by atomic mass is 10.1. The third-order valence-corrected chi connectivity index (χ3v) is 3.42.